The van der Waals surface area contributed by atoms with Gasteiger partial charge in [-0.1, -0.05) is 0 Å². The highest BCUT2D eigenvalue weighted by Crippen LogP contribution is 2.15. The molecule has 1 aromatic carbocycles. The third-order valence-corrected chi connectivity index (χ3v) is 3.91. The zero-order valence-electron chi connectivity index (χ0n) is 12.3. The Morgan fingerprint density at radius 1 is 1.24 bits per heavy atom. The number of hydrogen-bond acceptors (Lipinski definition) is 3. The largest absolute Gasteiger partial charge is 0.378 e. The van der Waals surface area contributed by atoms with E-state index in [2.05, 4.69) is 0 Å². The molecule has 2 aromatic rings. The Labute approximate surface area is 122 Å². The van der Waals surface area contributed by atoms with Crippen molar-refractivity contribution in [3.63, 3.8) is 0 Å². The number of carbonyl (C=O) groups is 1. The molecule has 0 bridgehead atoms. The highest BCUT2D eigenvalue weighted by molar-refractivity contribution is 5.98. The Morgan fingerprint density at radius 2 is 1.95 bits per heavy atom. The van der Waals surface area contributed by atoms with Crippen LogP contribution in [-0.4, -0.2) is 41.7 Å². The van der Waals surface area contributed by atoms with Gasteiger partial charge in [-0.3, -0.25) is 9.59 Å². The van der Waals surface area contributed by atoms with Crippen molar-refractivity contribution >= 4 is 16.8 Å². The third kappa shape index (κ3) is 2.45. The van der Waals surface area contributed by atoms with Gasteiger partial charge in [0.2, 0.25) is 0 Å². The van der Waals surface area contributed by atoms with E-state index in [0.29, 0.717) is 42.8 Å². The molecule has 0 spiro atoms. The van der Waals surface area contributed by atoms with E-state index in [1.807, 2.05) is 11.6 Å². The molecule has 1 aliphatic rings. The molecule has 0 atom stereocenters. The second-order valence-electron chi connectivity index (χ2n) is 5.39. The van der Waals surface area contributed by atoms with Gasteiger partial charge in [-0.05, 0) is 25.1 Å². The maximum atomic E-state index is 12.5. The van der Waals surface area contributed by atoms with Crippen molar-refractivity contribution in [1.82, 2.24) is 9.47 Å². The number of amides is 1. The van der Waals surface area contributed by atoms with Crippen molar-refractivity contribution in [3.05, 3.63) is 45.7 Å². The summed E-state index contributed by atoms with van der Waals surface area (Å²) in [4.78, 5) is 26.4. The van der Waals surface area contributed by atoms with Crippen LogP contribution in [0.15, 0.2) is 29.2 Å². The number of hydrogen-bond donors (Lipinski definition) is 0. The molecule has 2 heterocycles. The van der Waals surface area contributed by atoms with Crippen LogP contribution in [-0.2, 0) is 11.8 Å². The zero-order valence-corrected chi connectivity index (χ0v) is 12.3. The SMILES string of the molecule is Cc1cn(C)c2cc(C(=O)N3CCOCC3)ccc2c1=O. The van der Waals surface area contributed by atoms with Crippen molar-refractivity contribution in [1.29, 1.82) is 0 Å². The Bertz CT molecular complexity index is 758. The minimum Gasteiger partial charge on any atom is -0.378 e. The first-order chi connectivity index (χ1) is 10.1. The molecule has 1 aromatic heterocycles. The quantitative estimate of drug-likeness (QED) is 0.794. The average molecular weight is 286 g/mol. The number of aryl methyl sites for hydroxylation is 2. The lowest BCUT2D eigenvalue weighted by atomic mass is 10.1. The number of rotatable bonds is 1. The Kier molecular flexibility index (Phi) is 3.51. The highest BCUT2D eigenvalue weighted by atomic mass is 16.5. The number of pyridine rings is 1. The van der Waals surface area contributed by atoms with Gasteiger partial charge in [0.05, 0.1) is 18.7 Å². The lowest BCUT2D eigenvalue weighted by Gasteiger charge is -2.27. The Balaban J connectivity index is 2.05. The summed E-state index contributed by atoms with van der Waals surface area (Å²) in [5.41, 5.74) is 2.12. The maximum Gasteiger partial charge on any atom is 0.254 e. The number of benzene rings is 1. The molecule has 1 saturated heterocycles. The van der Waals surface area contributed by atoms with E-state index in [9.17, 15) is 9.59 Å². The highest BCUT2D eigenvalue weighted by Gasteiger charge is 2.19. The predicted octanol–water partition coefficient (Wildman–Crippen LogP) is 1.32. The molecular formula is C16H18N2O3. The molecule has 3 rings (SSSR count). The summed E-state index contributed by atoms with van der Waals surface area (Å²) in [5.74, 6) is -0.00627. The predicted molar refractivity (Wildman–Crippen MR) is 80.6 cm³/mol. The van der Waals surface area contributed by atoms with Crippen molar-refractivity contribution in [3.8, 4) is 0 Å². The van der Waals surface area contributed by atoms with Gasteiger partial charge in [-0.25, -0.2) is 0 Å². The van der Waals surface area contributed by atoms with Crippen molar-refractivity contribution in [2.75, 3.05) is 26.3 Å². The molecule has 0 radical (unpaired) electrons. The number of ether oxygens (including phenoxy) is 1. The van der Waals surface area contributed by atoms with Crippen LogP contribution in [0.4, 0.5) is 0 Å². The fourth-order valence-corrected chi connectivity index (χ4v) is 2.73. The van der Waals surface area contributed by atoms with Crippen molar-refractivity contribution < 1.29 is 9.53 Å². The minimum absolute atomic E-state index is 0.00627. The zero-order chi connectivity index (χ0) is 15.0. The van der Waals surface area contributed by atoms with Crippen LogP contribution in [0, 0.1) is 6.92 Å². The normalized spacial score (nSPS) is 15.4. The second-order valence-corrected chi connectivity index (χ2v) is 5.39. The molecule has 5 heteroatoms. The summed E-state index contributed by atoms with van der Waals surface area (Å²) < 4.78 is 7.16. The molecular weight excluding hydrogens is 268 g/mol. The number of morpholine rings is 1. The Morgan fingerprint density at radius 3 is 2.67 bits per heavy atom. The van der Waals surface area contributed by atoms with Crippen LogP contribution in [0.5, 0.6) is 0 Å². The van der Waals surface area contributed by atoms with E-state index in [1.165, 1.54) is 0 Å². The standard InChI is InChI=1S/C16H18N2O3/c1-11-10-17(2)14-9-12(3-4-13(14)15(11)19)16(20)18-5-7-21-8-6-18/h3-4,9-10H,5-8H2,1-2H3. The molecule has 0 aliphatic carbocycles. The number of nitrogens with zero attached hydrogens (tertiary/aromatic N) is 2. The van der Waals surface area contributed by atoms with E-state index < -0.39 is 0 Å². The monoisotopic (exact) mass is 286 g/mol. The lowest BCUT2D eigenvalue weighted by Crippen LogP contribution is -2.40. The molecule has 0 unspecified atom stereocenters. The fourth-order valence-electron chi connectivity index (χ4n) is 2.73. The van der Waals surface area contributed by atoms with Crippen LogP contribution in [0.25, 0.3) is 10.9 Å². The number of fused-ring (bicyclic) bond motifs is 1. The summed E-state index contributed by atoms with van der Waals surface area (Å²) in [7, 11) is 1.89. The summed E-state index contributed by atoms with van der Waals surface area (Å²) in [6.45, 7) is 4.19. The van der Waals surface area contributed by atoms with Gasteiger partial charge in [-0.15, -0.1) is 0 Å². The lowest BCUT2D eigenvalue weighted by molar-refractivity contribution is 0.0303. The molecule has 1 amide bonds. The fraction of sp³-hybridized carbons (Fsp3) is 0.375. The van der Waals surface area contributed by atoms with Crippen LogP contribution in [0.2, 0.25) is 0 Å². The minimum atomic E-state index is -0.00627. The molecule has 0 saturated carbocycles. The number of carbonyl (C=O) groups excluding carboxylic acids is 1. The first kappa shape index (κ1) is 13.8. The van der Waals surface area contributed by atoms with E-state index in [1.54, 1.807) is 36.2 Å². The molecule has 5 nitrogen and oxygen atoms in total. The topological polar surface area (TPSA) is 51.5 Å². The second kappa shape index (κ2) is 5.33. The van der Waals surface area contributed by atoms with Gasteiger partial charge in [0.1, 0.15) is 0 Å². The average Bonchev–Trinajstić information content (AvgIpc) is 2.52. The van der Waals surface area contributed by atoms with Crippen LogP contribution < -0.4 is 5.43 Å². The van der Waals surface area contributed by atoms with Gasteiger partial charge >= 0.3 is 0 Å². The number of aromatic nitrogens is 1. The van der Waals surface area contributed by atoms with Crippen molar-refractivity contribution in [2.24, 2.45) is 7.05 Å². The maximum absolute atomic E-state index is 12.5. The van der Waals surface area contributed by atoms with Crippen LogP contribution in [0.1, 0.15) is 15.9 Å². The molecule has 21 heavy (non-hydrogen) atoms. The van der Waals surface area contributed by atoms with Gasteiger partial charge in [0, 0.05) is 42.8 Å². The van der Waals surface area contributed by atoms with Gasteiger partial charge in [-0.2, -0.15) is 0 Å². The molecule has 1 fully saturated rings. The van der Waals surface area contributed by atoms with Crippen LogP contribution >= 0.6 is 0 Å². The van der Waals surface area contributed by atoms with E-state index >= 15 is 0 Å². The summed E-state index contributed by atoms with van der Waals surface area (Å²) >= 11 is 0. The molecule has 110 valence electrons. The van der Waals surface area contributed by atoms with Gasteiger partial charge < -0.3 is 14.2 Å². The summed E-state index contributed by atoms with van der Waals surface area (Å²) in [5, 5.41) is 0.649. The summed E-state index contributed by atoms with van der Waals surface area (Å²) in [6.07, 6.45) is 1.80. The van der Waals surface area contributed by atoms with Crippen LogP contribution in [0.3, 0.4) is 0 Å². The molecule has 1 aliphatic heterocycles. The Hall–Kier alpha value is -2.14. The first-order valence-electron chi connectivity index (χ1n) is 7.05. The van der Waals surface area contributed by atoms with Gasteiger partial charge in [0.25, 0.3) is 5.91 Å². The van der Waals surface area contributed by atoms with E-state index in [-0.39, 0.29) is 11.3 Å². The van der Waals surface area contributed by atoms with Gasteiger partial charge in [0.15, 0.2) is 5.43 Å². The van der Waals surface area contributed by atoms with E-state index in [4.69, 9.17) is 4.74 Å². The van der Waals surface area contributed by atoms with E-state index in [0.717, 1.165) is 5.52 Å². The third-order valence-electron chi connectivity index (χ3n) is 3.91. The summed E-state index contributed by atoms with van der Waals surface area (Å²) in [6, 6.07) is 5.29. The smallest absolute Gasteiger partial charge is 0.254 e. The first-order valence-corrected chi connectivity index (χ1v) is 7.05. The van der Waals surface area contributed by atoms with Crippen molar-refractivity contribution in [2.45, 2.75) is 6.92 Å². The molecule has 0 N–H and O–H groups in total.